The Morgan fingerprint density at radius 3 is 2.17 bits per heavy atom. The highest BCUT2D eigenvalue weighted by molar-refractivity contribution is 6.35. The monoisotopic (exact) mass is 404 g/mol. The summed E-state index contributed by atoms with van der Waals surface area (Å²) < 4.78 is 0. The van der Waals surface area contributed by atoms with Crippen LogP contribution in [0, 0.1) is 6.92 Å². The van der Waals surface area contributed by atoms with Crippen LogP contribution in [0.2, 0.25) is 0 Å². The topological polar surface area (TPSA) is 40.6 Å². The van der Waals surface area contributed by atoms with E-state index in [4.69, 9.17) is 0 Å². The van der Waals surface area contributed by atoms with Crippen LogP contribution in [0.15, 0.2) is 60.3 Å². The van der Waals surface area contributed by atoms with Crippen LogP contribution in [0.5, 0.6) is 0 Å². The Hall–Kier alpha value is -2.88. The van der Waals surface area contributed by atoms with E-state index in [1.54, 1.807) is 0 Å². The van der Waals surface area contributed by atoms with E-state index in [0.717, 1.165) is 42.4 Å². The molecule has 0 bridgehead atoms. The summed E-state index contributed by atoms with van der Waals surface area (Å²) in [5, 5.41) is 0. The van der Waals surface area contributed by atoms with Crippen molar-refractivity contribution < 1.29 is 9.59 Å². The summed E-state index contributed by atoms with van der Waals surface area (Å²) in [7, 11) is 0. The molecule has 158 valence electrons. The summed E-state index contributed by atoms with van der Waals surface area (Å²) in [6.45, 7) is 7.95. The number of unbranched alkanes of at least 4 members (excludes halogenated alkanes) is 3. The van der Waals surface area contributed by atoms with Crippen molar-refractivity contribution in [3.8, 4) is 0 Å². The SMILES string of the molecule is CCCCCCN1C(=O)C(c2ccc(C)cc2)=C(N(CC)Cc2ccccc2)C1=O. The number of likely N-dealkylation sites (N-methyl/N-ethyl adjacent to an activating group) is 1. The zero-order valence-corrected chi connectivity index (χ0v) is 18.4. The first kappa shape index (κ1) is 21.8. The number of rotatable bonds is 10. The molecule has 0 aliphatic carbocycles. The molecule has 2 aromatic rings. The molecule has 2 amide bonds. The van der Waals surface area contributed by atoms with Gasteiger partial charge in [0.15, 0.2) is 0 Å². The van der Waals surface area contributed by atoms with Gasteiger partial charge in [0.05, 0.1) is 5.57 Å². The highest BCUT2D eigenvalue weighted by Gasteiger charge is 2.40. The third kappa shape index (κ3) is 4.81. The fourth-order valence-electron chi connectivity index (χ4n) is 3.89. The Morgan fingerprint density at radius 2 is 1.53 bits per heavy atom. The Labute approximate surface area is 180 Å². The van der Waals surface area contributed by atoms with Crippen LogP contribution in [0.4, 0.5) is 0 Å². The highest BCUT2D eigenvalue weighted by atomic mass is 16.2. The fraction of sp³-hybridized carbons (Fsp3) is 0.385. The molecule has 0 spiro atoms. The Bertz CT molecular complexity index is 900. The zero-order valence-electron chi connectivity index (χ0n) is 18.4. The summed E-state index contributed by atoms with van der Waals surface area (Å²) in [6.07, 6.45) is 4.13. The molecule has 0 unspecified atom stereocenters. The third-order valence-corrected chi connectivity index (χ3v) is 5.63. The van der Waals surface area contributed by atoms with Gasteiger partial charge < -0.3 is 4.90 Å². The molecule has 4 heteroatoms. The van der Waals surface area contributed by atoms with Crippen molar-refractivity contribution in [3.05, 3.63) is 77.0 Å². The molecule has 0 aromatic heterocycles. The standard InChI is InChI=1S/C26H32N2O2/c1-4-6-7-11-18-28-25(29)23(22-16-14-20(3)15-17-22)24(26(28)30)27(5-2)19-21-12-9-8-10-13-21/h8-10,12-17H,4-7,11,18-19H2,1-3H3. The van der Waals surface area contributed by atoms with Crippen molar-refractivity contribution in [2.75, 3.05) is 13.1 Å². The number of aryl methyl sites for hydroxylation is 1. The quantitative estimate of drug-likeness (QED) is 0.405. The molecule has 0 radical (unpaired) electrons. The van der Waals surface area contributed by atoms with Crippen molar-refractivity contribution in [2.24, 2.45) is 0 Å². The average Bonchev–Trinajstić information content (AvgIpc) is 3.01. The maximum atomic E-state index is 13.4. The first-order valence-electron chi connectivity index (χ1n) is 11.0. The van der Waals surface area contributed by atoms with Gasteiger partial charge in [0.25, 0.3) is 11.8 Å². The van der Waals surface area contributed by atoms with Crippen molar-refractivity contribution in [1.82, 2.24) is 9.80 Å². The third-order valence-electron chi connectivity index (χ3n) is 5.63. The predicted octanol–water partition coefficient (Wildman–Crippen LogP) is 5.18. The normalized spacial score (nSPS) is 14.0. The zero-order chi connectivity index (χ0) is 21.5. The second-order valence-corrected chi connectivity index (χ2v) is 7.91. The molecule has 4 nitrogen and oxygen atoms in total. The number of amides is 2. The number of hydrogen-bond donors (Lipinski definition) is 0. The van der Waals surface area contributed by atoms with Crippen LogP contribution < -0.4 is 0 Å². The molecule has 0 atom stereocenters. The van der Waals surface area contributed by atoms with Gasteiger partial charge in [-0.1, -0.05) is 86.3 Å². The maximum absolute atomic E-state index is 13.4. The van der Waals surface area contributed by atoms with Crippen LogP contribution >= 0.6 is 0 Å². The van der Waals surface area contributed by atoms with E-state index in [9.17, 15) is 9.59 Å². The molecule has 1 aliphatic rings. The fourth-order valence-corrected chi connectivity index (χ4v) is 3.89. The Balaban J connectivity index is 1.96. The summed E-state index contributed by atoms with van der Waals surface area (Å²) in [5.41, 5.74) is 4.14. The molecule has 0 saturated carbocycles. The van der Waals surface area contributed by atoms with Crippen LogP contribution in [0.1, 0.15) is 56.2 Å². The van der Waals surface area contributed by atoms with Crippen LogP contribution in [0.25, 0.3) is 5.57 Å². The van der Waals surface area contributed by atoms with Gasteiger partial charge in [0, 0.05) is 19.6 Å². The Morgan fingerprint density at radius 1 is 0.833 bits per heavy atom. The van der Waals surface area contributed by atoms with Gasteiger partial charge in [-0.05, 0) is 31.4 Å². The van der Waals surface area contributed by atoms with Crippen molar-refractivity contribution >= 4 is 17.4 Å². The molecule has 1 heterocycles. The minimum atomic E-state index is -0.165. The van der Waals surface area contributed by atoms with E-state index < -0.39 is 0 Å². The first-order chi connectivity index (χ1) is 14.6. The lowest BCUT2D eigenvalue weighted by Gasteiger charge is -2.25. The molecule has 2 aromatic carbocycles. The van der Waals surface area contributed by atoms with Crippen molar-refractivity contribution in [1.29, 1.82) is 0 Å². The molecule has 0 saturated heterocycles. The second kappa shape index (κ2) is 10.2. The van der Waals surface area contributed by atoms with Gasteiger partial charge in [-0.15, -0.1) is 0 Å². The Kier molecular flexibility index (Phi) is 7.45. The van der Waals surface area contributed by atoms with Gasteiger partial charge in [-0.2, -0.15) is 0 Å². The number of hydrogen-bond acceptors (Lipinski definition) is 3. The predicted molar refractivity (Wildman–Crippen MR) is 121 cm³/mol. The van der Waals surface area contributed by atoms with Gasteiger partial charge in [-0.3, -0.25) is 14.5 Å². The van der Waals surface area contributed by atoms with Gasteiger partial charge in [0.2, 0.25) is 0 Å². The van der Waals surface area contributed by atoms with E-state index in [0.29, 0.717) is 30.9 Å². The minimum absolute atomic E-state index is 0.162. The van der Waals surface area contributed by atoms with Crippen LogP contribution in [0.3, 0.4) is 0 Å². The molecule has 30 heavy (non-hydrogen) atoms. The summed E-state index contributed by atoms with van der Waals surface area (Å²) in [6, 6.07) is 18.0. The van der Waals surface area contributed by atoms with E-state index in [1.807, 2.05) is 61.2 Å². The lowest BCUT2D eigenvalue weighted by atomic mass is 10.0. The number of nitrogens with zero attached hydrogens (tertiary/aromatic N) is 2. The summed E-state index contributed by atoms with van der Waals surface area (Å²) in [4.78, 5) is 30.3. The van der Waals surface area contributed by atoms with Crippen molar-refractivity contribution in [3.63, 3.8) is 0 Å². The minimum Gasteiger partial charge on any atom is -0.362 e. The molecule has 0 fully saturated rings. The van der Waals surface area contributed by atoms with Gasteiger partial charge in [0.1, 0.15) is 5.70 Å². The second-order valence-electron chi connectivity index (χ2n) is 7.91. The number of carbonyl (C=O) groups is 2. The number of carbonyl (C=O) groups excluding carboxylic acids is 2. The van der Waals surface area contributed by atoms with E-state index in [2.05, 4.69) is 19.1 Å². The van der Waals surface area contributed by atoms with E-state index in [-0.39, 0.29) is 11.8 Å². The number of imide groups is 1. The highest BCUT2D eigenvalue weighted by Crippen LogP contribution is 2.32. The first-order valence-corrected chi connectivity index (χ1v) is 11.0. The number of benzene rings is 2. The molecular formula is C26H32N2O2. The maximum Gasteiger partial charge on any atom is 0.277 e. The molecule has 3 rings (SSSR count). The lowest BCUT2D eigenvalue weighted by molar-refractivity contribution is -0.137. The largest absolute Gasteiger partial charge is 0.362 e. The average molecular weight is 405 g/mol. The molecule has 1 aliphatic heterocycles. The van der Waals surface area contributed by atoms with Gasteiger partial charge in [-0.25, -0.2) is 0 Å². The van der Waals surface area contributed by atoms with Crippen LogP contribution in [-0.4, -0.2) is 34.7 Å². The molecular weight excluding hydrogens is 372 g/mol. The van der Waals surface area contributed by atoms with Crippen LogP contribution in [-0.2, 0) is 16.1 Å². The smallest absolute Gasteiger partial charge is 0.277 e. The van der Waals surface area contributed by atoms with E-state index >= 15 is 0 Å². The van der Waals surface area contributed by atoms with E-state index in [1.165, 1.54) is 4.90 Å². The summed E-state index contributed by atoms with van der Waals surface area (Å²) in [5.74, 6) is -0.327. The molecule has 0 N–H and O–H groups in total. The summed E-state index contributed by atoms with van der Waals surface area (Å²) >= 11 is 0. The van der Waals surface area contributed by atoms with Gasteiger partial charge >= 0.3 is 0 Å². The van der Waals surface area contributed by atoms with Crippen molar-refractivity contribution in [2.45, 2.75) is 53.0 Å². The lowest BCUT2D eigenvalue weighted by Crippen LogP contribution is -2.35.